The lowest BCUT2D eigenvalue weighted by Crippen LogP contribution is -2.22. The number of benzene rings is 1. The highest BCUT2D eigenvalue weighted by molar-refractivity contribution is 7.11. The number of aryl methyl sites for hydroxylation is 1. The summed E-state index contributed by atoms with van der Waals surface area (Å²) in [4.78, 5) is 15.8. The van der Waals surface area contributed by atoms with Crippen molar-refractivity contribution in [2.24, 2.45) is 0 Å². The maximum Gasteiger partial charge on any atom is 0.280 e. The van der Waals surface area contributed by atoms with E-state index >= 15 is 0 Å². The van der Waals surface area contributed by atoms with Gasteiger partial charge in [0.15, 0.2) is 5.01 Å². The van der Waals surface area contributed by atoms with Crippen LogP contribution >= 0.6 is 11.3 Å². The molecule has 4 heteroatoms. The minimum atomic E-state index is -0.109. The van der Waals surface area contributed by atoms with E-state index < -0.39 is 0 Å². The first-order valence-corrected chi connectivity index (χ1v) is 5.88. The number of carbonyl (C=O) groups is 1. The largest absolute Gasteiger partial charge is 0.346 e. The summed E-state index contributed by atoms with van der Waals surface area (Å²) < 4.78 is 0. The summed E-state index contributed by atoms with van der Waals surface area (Å²) in [6.45, 7) is 2.42. The number of thiazole rings is 1. The number of rotatable bonds is 3. The van der Waals surface area contributed by atoms with Crippen molar-refractivity contribution in [2.75, 3.05) is 0 Å². The zero-order valence-corrected chi connectivity index (χ0v) is 9.75. The van der Waals surface area contributed by atoms with Crippen molar-refractivity contribution < 1.29 is 4.79 Å². The summed E-state index contributed by atoms with van der Waals surface area (Å²) in [6.07, 6.45) is 0. The molecule has 2 aromatic rings. The predicted molar refractivity (Wildman–Crippen MR) is 64.5 cm³/mol. The average molecular weight is 232 g/mol. The van der Waals surface area contributed by atoms with Crippen molar-refractivity contribution in [3.8, 4) is 0 Å². The first-order chi connectivity index (χ1) is 7.75. The van der Waals surface area contributed by atoms with E-state index in [0.717, 1.165) is 11.3 Å². The van der Waals surface area contributed by atoms with Gasteiger partial charge in [0.1, 0.15) is 0 Å². The Morgan fingerprint density at radius 2 is 2.12 bits per heavy atom. The lowest BCUT2D eigenvalue weighted by Gasteiger charge is -2.02. The van der Waals surface area contributed by atoms with Gasteiger partial charge in [-0.15, -0.1) is 11.3 Å². The summed E-state index contributed by atoms with van der Waals surface area (Å²) in [6, 6.07) is 9.82. The SMILES string of the molecule is Cc1csc(C(=O)NCc2ccccc2)n1. The van der Waals surface area contributed by atoms with Crippen molar-refractivity contribution in [3.05, 3.63) is 52.0 Å². The lowest BCUT2D eigenvalue weighted by molar-refractivity contribution is 0.0950. The number of amides is 1. The summed E-state index contributed by atoms with van der Waals surface area (Å²) >= 11 is 1.37. The van der Waals surface area contributed by atoms with Crippen LogP contribution in [0, 0.1) is 6.92 Å². The molecule has 0 radical (unpaired) electrons. The molecule has 3 nitrogen and oxygen atoms in total. The van der Waals surface area contributed by atoms with Gasteiger partial charge in [0.2, 0.25) is 0 Å². The zero-order chi connectivity index (χ0) is 11.4. The van der Waals surface area contributed by atoms with Gasteiger partial charge in [0, 0.05) is 17.6 Å². The van der Waals surface area contributed by atoms with Gasteiger partial charge >= 0.3 is 0 Å². The second kappa shape index (κ2) is 4.90. The number of hydrogen-bond donors (Lipinski definition) is 1. The van der Waals surface area contributed by atoms with Gasteiger partial charge in [-0.25, -0.2) is 4.98 Å². The van der Waals surface area contributed by atoms with Crippen LogP contribution in [0.1, 0.15) is 21.1 Å². The number of nitrogens with zero attached hydrogens (tertiary/aromatic N) is 1. The highest BCUT2D eigenvalue weighted by atomic mass is 32.1. The quantitative estimate of drug-likeness (QED) is 0.882. The van der Waals surface area contributed by atoms with E-state index in [1.807, 2.05) is 42.6 Å². The first kappa shape index (κ1) is 10.8. The van der Waals surface area contributed by atoms with Gasteiger partial charge in [-0.3, -0.25) is 4.79 Å². The normalized spacial score (nSPS) is 10.1. The Morgan fingerprint density at radius 3 is 2.75 bits per heavy atom. The fraction of sp³-hybridized carbons (Fsp3) is 0.167. The van der Waals surface area contributed by atoms with E-state index in [9.17, 15) is 4.79 Å². The van der Waals surface area contributed by atoms with Crippen LogP contribution in [-0.2, 0) is 6.54 Å². The molecule has 82 valence electrons. The molecular weight excluding hydrogens is 220 g/mol. The lowest BCUT2D eigenvalue weighted by atomic mass is 10.2. The molecule has 0 bridgehead atoms. The number of hydrogen-bond acceptors (Lipinski definition) is 3. The number of aromatic nitrogens is 1. The maximum atomic E-state index is 11.7. The van der Waals surface area contributed by atoms with Crippen LogP contribution in [0.25, 0.3) is 0 Å². The van der Waals surface area contributed by atoms with E-state index in [1.54, 1.807) is 0 Å². The van der Waals surface area contributed by atoms with Gasteiger partial charge in [0.25, 0.3) is 5.91 Å². The fourth-order valence-electron chi connectivity index (χ4n) is 1.31. The molecule has 1 heterocycles. The molecule has 0 saturated carbocycles. The molecule has 0 unspecified atom stereocenters. The van der Waals surface area contributed by atoms with Crippen molar-refractivity contribution in [1.82, 2.24) is 10.3 Å². The van der Waals surface area contributed by atoms with Crippen molar-refractivity contribution in [2.45, 2.75) is 13.5 Å². The molecule has 1 N–H and O–H groups in total. The molecular formula is C12H12N2OS. The fourth-order valence-corrected chi connectivity index (χ4v) is 2.02. The molecule has 0 aliphatic carbocycles. The standard InChI is InChI=1S/C12H12N2OS/c1-9-8-16-12(14-9)11(15)13-7-10-5-3-2-4-6-10/h2-6,8H,7H2,1H3,(H,13,15). The Kier molecular flexibility index (Phi) is 3.31. The Labute approximate surface area is 98.2 Å². The summed E-state index contributed by atoms with van der Waals surface area (Å²) in [5, 5.41) is 5.23. The van der Waals surface area contributed by atoms with E-state index in [0.29, 0.717) is 11.6 Å². The smallest absolute Gasteiger partial charge is 0.280 e. The van der Waals surface area contributed by atoms with E-state index in [4.69, 9.17) is 0 Å². The molecule has 0 saturated heterocycles. The van der Waals surface area contributed by atoms with Gasteiger partial charge in [-0.05, 0) is 12.5 Å². The molecule has 0 spiro atoms. The number of nitrogens with one attached hydrogen (secondary N) is 1. The van der Waals surface area contributed by atoms with Crippen LogP contribution in [0.2, 0.25) is 0 Å². The third kappa shape index (κ3) is 2.67. The molecule has 16 heavy (non-hydrogen) atoms. The van der Waals surface area contributed by atoms with Crippen LogP contribution in [-0.4, -0.2) is 10.9 Å². The Balaban J connectivity index is 1.94. The number of carbonyl (C=O) groups excluding carboxylic acids is 1. The third-order valence-electron chi connectivity index (χ3n) is 2.11. The molecule has 1 aromatic heterocycles. The molecule has 1 amide bonds. The molecule has 0 aliphatic rings. The van der Waals surface area contributed by atoms with Crippen LogP contribution in [0.15, 0.2) is 35.7 Å². The Bertz CT molecular complexity index is 479. The Morgan fingerprint density at radius 1 is 1.38 bits per heavy atom. The highest BCUT2D eigenvalue weighted by Crippen LogP contribution is 2.08. The summed E-state index contributed by atoms with van der Waals surface area (Å²) in [7, 11) is 0. The second-order valence-corrected chi connectivity index (χ2v) is 4.32. The molecule has 1 aromatic carbocycles. The Hall–Kier alpha value is -1.68. The molecule has 2 rings (SSSR count). The second-order valence-electron chi connectivity index (χ2n) is 3.46. The average Bonchev–Trinajstić information content (AvgIpc) is 2.74. The van der Waals surface area contributed by atoms with Crippen LogP contribution in [0.4, 0.5) is 0 Å². The van der Waals surface area contributed by atoms with Crippen LogP contribution < -0.4 is 5.32 Å². The highest BCUT2D eigenvalue weighted by Gasteiger charge is 2.08. The molecule has 0 atom stereocenters. The first-order valence-electron chi connectivity index (χ1n) is 5.00. The van der Waals surface area contributed by atoms with Gasteiger partial charge in [-0.2, -0.15) is 0 Å². The summed E-state index contributed by atoms with van der Waals surface area (Å²) in [5.41, 5.74) is 1.97. The zero-order valence-electron chi connectivity index (χ0n) is 8.93. The summed E-state index contributed by atoms with van der Waals surface area (Å²) in [5.74, 6) is -0.109. The van der Waals surface area contributed by atoms with E-state index in [1.165, 1.54) is 11.3 Å². The minimum Gasteiger partial charge on any atom is -0.346 e. The van der Waals surface area contributed by atoms with E-state index in [2.05, 4.69) is 10.3 Å². The van der Waals surface area contributed by atoms with Crippen molar-refractivity contribution in [1.29, 1.82) is 0 Å². The minimum absolute atomic E-state index is 0.109. The van der Waals surface area contributed by atoms with Crippen molar-refractivity contribution >= 4 is 17.2 Å². The predicted octanol–water partition coefficient (Wildman–Crippen LogP) is 2.38. The molecule has 0 fully saturated rings. The van der Waals surface area contributed by atoms with Gasteiger partial charge in [-0.1, -0.05) is 30.3 Å². The van der Waals surface area contributed by atoms with Gasteiger partial charge in [0.05, 0.1) is 0 Å². The maximum absolute atomic E-state index is 11.7. The van der Waals surface area contributed by atoms with Gasteiger partial charge < -0.3 is 5.32 Å². The monoisotopic (exact) mass is 232 g/mol. The third-order valence-corrected chi connectivity index (χ3v) is 3.07. The van der Waals surface area contributed by atoms with Crippen molar-refractivity contribution in [3.63, 3.8) is 0 Å². The van der Waals surface area contributed by atoms with Crippen LogP contribution in [0.5, 0.6) is 0 Å². The topological polar surface area (TPSA) is 42.0 Å². The molecule has 0 aliphatic heterocycles. The van der Waals surface area contributed by atoms with Crippen LogP contribution in [0.3, 0.4) is 0 Å². The van der Waals surface area contributed by atoms with E-state index in [-0.39, 0.29) is 5.91 Å².